The van der Waals surface area contributed by atoms with Crippen molar-refractivity contribution >= 4 is 23.3 Å². The number of esters is 2. The molecule has 0 amide bonds. The topological polar surface area (TPSA) is 52.6 Å². The third kappa shape index (κ3) is 7.16. The van der Waals surface area contributed by atoms with Gasteiger partial charge in [0.15, 0.2) is 0 Å². The summed E-state index contributed by atoms with van der Waals surface area (Å²) in [4.78, 5) is 25.0. The fraction of sp³-hybridized carbons (Fsp3) is 0.667. The van der Waals surface area contributed by atoms with Crippen molar-refractivity contribution in [3.8, 4) is 0 Å². The summed E-state index contributed by atoms with van der Waals surface area (Å²) in [5, 5.41) is 0. The van der Waals surface area contributed by atoms with Gasteiger partial charge in [-0.2, -0.15) is 0 Å². The first-order chi connectivity index (χ1) is 11.0. The zero-order valence-corrected chi connectivity index (χ0v) is 15.4. The molecule has 5 heteroatoms. The second kappa shape index (κ2) is 10.4. The molecule has 0 aromatic carbocycles. The predicted octanol–water partition coefficient (Wildman–Crippen LogP) is 5.22. The maximum atomic E-state index is 12.1. The van der Waals surface area contributed by atoms with E-state index in [2.05, 4.69) is 13.8 Å². The molecule has 4 nitrogen and oxygen atoms in total. The van der Waals surface area contributed by atoms with E-state index in [4.69, 9.17) is 9.47 Å². The molecule has 1 heterocycles. The summed E-state index contributed by atoms with van der Waals surface area (Å²) in [6.45, 7) is 8.00. The van der Waals surface area contributed by atoms with Crippen LogP contribution in [0.1, 0.15) is 85.6 Å². The van der Waals surface area contributed by atoms with Crippen LogP contribution in [0.4, 0.5) is 0 Å². The summed E-state index contributed by atoms with van der Waals surface area (Å²) < 4.78 is 10.8. The van der Waals surface area contributed by atoms with Crippen LogP contribution in [-0.2, 0) is 9.47 Å². The lowest BCUT2D eigenvalue weighted by molar-refractivity contribution is 0.0318. The highest BCUT2D eigenvalue weighted by atomic mass is 32.1. The molecule has 2 unspecified atom stereocenters. The molecular formula is C18H28O4S. The number of hydrogen-bond acceptors (Lipinski definition) is 5. The smallest absolute Gasteiger partial charge is 0.348 e. The van der Waals surface area contributed by atoms with Crippen molar-refractivity contribution in [2.24, 2.45) is 0 Å². The maximum absolute atomic E-state index is 12.1. The van der Waals surface area contributed by atoms with E-state index >= 15 is 0 Å². The molecule has 2 atom stereocenters. The lowest BCUT2D eigenvalue weighted by atomic mass is 10.2. The summed E-state index contributed by atoms with van der Waals surface area (Å²) in [6, 6.07) is 3.26. The summed E-state index contributed by atoms with van der Waals surface area (Å²) in [5.74, 6) is -0.728. The molecule has 0 fully saturated rings. The quantitative estimate of drug-likeness (QED) is 0.548. The first-order valence-electron chi connectivity index (χ1n) is 8.49. The van der Waals surface area contributed by atoms with Gasteiger partial charge in [0.05, 0.1) is 12.2 Å². The van der Waals surface area contributed by atoms with E-state index < -0.39 is 0 Å². The number of thiophene rings is 1. The van der Waals surface area contributed by atoms with Gasteiger partial charge < -0.3 is 9.47 Å². The molecule has 0 aliphatic rings. The number of unbranched alkanes of at least 4 members (excludes halogenated alkanes) is 2. The van der Waals surface area contributed by atoms with Crippen molar-refractivity contribution in [3.63, 3.8) is 0 Å². The molecule has 0 saturated heterocycles. The predicted molar refractivity (Wildman–Crippen MR) is 93.1 cm³/mol. The Kier molecular flexibility index (Phi) is 8.92. The molecule has 0 radical (unpaired) electrons. The van der Waals surface area contributed by atoms with Gasteiger partial charge in [-0.1, -0.05) is 39.5 Å². The minimum absolute atomic E-state index is 0.103. The second-order valence-corrected chi connectivity index (χ2v) is 6.96. The molecule has 0 spiro atoms. The third-order valence-corrected chi connectivity index (χ3v) is 4.60. The van der Waals surface area contributed by atoms with Crippen molar-refractivity contribution in [2.75, 3.05) is 0 Å². The SMILES string of the molecule is CCCCC(C)OC(=O)c1ccc(C(=O)OC(C)CCCC)s1. The van der Waals surface area contributed by atoms with E-state index in [-0.39, 0.29) is 24.1 Å². The van der Waals surface area contributed by atoms with Gasteiger partial charge in [0.2, 0.25) is 0 Å². The van der Waals surface area contributed by atoms with Gasteiger partial charge in [-0.15, -0.1) is 11.3 Å². The standard InChI is InChI=1S/C18H28O4S/c1-5-7-9-13(3)21-17(19)15-11-12-16(23-15)18(20)22-14(4)10-8-6-2/h11-14H,5-10H2,1-4H3. The minimum Gasteiger partial charge on any atom is -0.458 e. The fourth-order valence-electron chi connectivity index (χ4n) is 2.14. The highest BCUT2D eigenvalue weighted by molar-refractivity contribution is 7.15. The van der Waals surface area contributed by atoms with E-state index in [9.17, 15) is 9.59 Å². The Morgan fingerprint density at radius 2 is 1.30 bits per heavy atom. The molecule has 0 saturated carbocycles. The average Bonchev–Trinajstić information content (AvgIpc) is 3.01. The molecule has 1 rings (SSSR count). The lowest BCUT2D eigenvalue weighted by Crippen LogP contribution is -2.14. The third-order valence-electron chi connectivity index (χ3n) is 3.55. The van der Waals surface area contributed by atoms with Crippen LogP contribution in [0.5, 0.6) is 0 Å². The zero-order valence-electron chi connectivity index (χ0n) is 14.6. The van der Waals surface area contributed by atoms with Gasteiger partial charge in [0.1, 0.15) is 9.75 Å². The van der Waals surface area contributed by atoms with Crippen molar-refractivity contribution in [2.45, 2.75) is 78.4 Å². The molecular weight excluding hydrogens is 312 g/mol. The molecule has 1 aromatic heterocycles. The molecule has 0 bridgehead atoms. The largest absolute Gasteiger partial charge is 0.458 e. The Bertz CT molecular complexity index is 452. The Hall–Kier alpha value is -1.36. The summed E-state index contributed by atoms with van der Waals surface area (Å²) in [5.41, 5.74) is 0. The van der Waals surface area contributed by atoms with E-state index in [1.54, 1.807) is 12.1 Å². The van der Waals surface area contributed by atoms with Gasteiger partial charge in [-0.3, -0.25) is 0 Å². The lowest BCUT2D eigenvalue weighted by Gasteiger charge is -2.12. The van der Waals surface area contributed by atoms with Gasteiger partial charge >= 0.3 is 11.9 Å². The Balaban J connectivity index is 2.52. The monoisotopic (exact) mass is 340 g/mol. The normalized spacial score (nSPS) is 13.4. The number of ether oxygens (including phenoxy) is 2. The van der Waals surface area contributed by atoms with Gasteiger partial charge in [-0.05, 0) is 38.8 Å². The van der Waals surface area contributed by atoms with Crippen LogP contribution >= 0.6 is 11.3 Å². The first kappa shape index (κ1) is 19.7. The summed E-state index contributed by atoms with van der Waals surface area (Å²) >= 11 is 1.13. The number of carbonyl (C=O) groups excluding carboxylic acids is 2. The maximum Gasteiger partial charge on any atom is 0.348 e. The van der Waals surface area contributed by atoms with Crippen LogP contribution < -0.4 is 0 Å². The Morgan fingerprint density at radius 1 is 0.913 bits per heavy atom. The minimum atomic E-state index is -0.364. The molecule has 130 valence electrons. The Labute approximate surface area is 143 Å². The van der Waals surface area contributed by atoms with Crippen LogP contribution in [0.15, 0.2) is 12.1 Å². The fourth-order valence-corrected chi connectivity index (χ4v) is 2.91. The van der Waals surface area contributed by atoms with Gasteiger partial charge in [-0.25, -0.2) is 9.59 Å². The summed E-state index contributed by atoms with van der Waals surface area (Å²) in [7, 11) is 0. The van der Waals surface area contributed by atoms with Crippen LogP contribution in [0.3, 0.4) is 0 Å². The first-order valence-corrected chi connectivity index (χ1v) is 9.31. The van der Waals surface area contributed by atoms with Gasteiger partial charge in [0, 0.05) is 0 Å². The van der Waals surface area contributed by atoms with Crippen LogP contribution in [0.25, 0.3) is 0 Å². The van der Waals surface area contributed by atoms with Gasteiger partial charge in [0.25, 0.3) is 0 Å². The van der Waals surface area contributed by atoms with E-state index in [1.165, 1.54) is 0 Å². The van der Waals surface area contributed by atoms with Crippen molar-refractivity contribution < 1.29 is 19.1 Å². The molecule has 0 aliphatic heterocycles. The molecule has 0 N–H and O–H groups in total. The zero-order chi connectivity index (χ0) is 17.2. The van der Waals surface area contributed by atoms with E-state index in [1.807, 2.05) is 13.8 Å². The summed E-state index contributed by atoms with van der Waals surface area (Å²) in [6.07, 6.45) is 5.73. The molecule has 1 aromatic rings. The van der Waals surface area contributed by atoms with Crippen LogP contribution in [-0.4, -0.2) is 24.1 Å². The molecule has 0 aliphatic carbocycles. The highest BCUT2D eigenvalue weighted by Crippen LogP contribution is 2.21. The number of rotatable bonds is 10. The average molecular weight is 340 g/mol. The Morgan fingerprint density at radius 3 is 1.65 bits per heavy atom. The highest BCUT2D eigenvalue weighted by Gasteiger charge is 2.19. The number of carbonyl (C=O) groups is 2. The van der Waals surface area contributed by atoms with Crippen molar-refractivity contribution in [3.05, 3.63) is 21.9 Å². The second-order valence-electron chi connectivity index (χ2n) is 5.88. The van der Waals surface area contributed by atoms with Crippen molar-refractivity contribution in [1.29, 1.82) is 0 Å². The van der Waals surface area contributed by atoms with E-state index in [0.717, 1.165) is 49.9 Å². The molecule has 23 heavy (non-hydrogen) atoms. The number of hydrogen-bond donors (Lipinski definition) is 0. The van der Waals surface area contributed by atoms with Crippen LogP contribution in [0, 0.1) is 0 Å². The van der Waals surface area contributed by atoms with Crippen molar-refractivity contribution in [1.82, 2.24) is 0 Å². The van der Waals surface area contributed by atoms with E-state index in [0.29, 0.717) is 9.75 Å². The van der Waals surface area contributed by atoms with Crippen LogP contribution in [0.2, 0.25) is 0 Å².